The normalized spacial score (nSPS) is 23.1. The molecule has 2 N–H and O–H groups in total. The summed E-state index contributed by atoms with van der Waals surface area (Å²) < 4.78 is 1.90. The zero-order valence-electron chi connectivity index (χ0n) is 8.56. The molecule has 1 saturated heterocycles. The van der Waals surface area contributed by atoms with Crippen LogP contribution in [0, 0.1) is 0 Å². The topological polar surface area (TPSA) is 60.0 Å². The van der Waals surface area contributed by atoms with Crippen molar-refractivity contribution in [3.8, 4) is 0 Å². The Labute approximate surface area is 83.9 Å². The van der Waals surface area contributed by atoms with Crippen LogP contribution in [-0.4, -0.2) is 39.5 Å². The van der Waals surface area contributed by atoms with E-state index in [1.165, 1.54) is 19.4 Å². The summed E-state index contributed by atoms with van der Waals surface area (Å²) in [5.74, 6) is 0. The minimum atomic E-state index is 0.473. The molecule has 0 radical (unpaired) electrons. The fourth-order valence-corrected chi connectivity index (χ4v) is 1.95. The van der Waals surface area contributed by atoms with E-state index >= 15 is 0 Å². The summed E-state index contributed by atoms with van der Waals surface area (Å²) >= 11 is 0. The SMILES string of the molecule is CN1CCC[C@H]1Cn1cc(CN)nn1. The largest absolute Gasteiger partial charge is 0.325 e. The lowest BCUT2D eigenvalue weighted by Crippen LogP contribution is -2.29. The average Bonchev–Trinajstić information content (AvgIpc) is 2.77. The van der Waals surface area contributed by atoms with Gasteiger partial charge in [0.05, 0.1) is 12.2 Å². The maximum Gasteiger partial charge on any atom is 0.0962 e. The van der Waals surface area contributed by atoms with E-state index in [4.69, 9.17) is 5.73 Å². The van der Waals surface area contributed by atoms with Gasteiger partial charge in [0.1, 0.15) is 0 Å². The third-order valence-electron chi connectivity index (χ3n) is 2.86. The minimum absolute atomic E-state index is 0.473. The zero-order valence-corrected chi connectivity index (χ0v) is 8.56. The van der Waals surface area contributed by atoms with E-state index in [0.29, 0.717) is 12.6 Å². The number of hydrogen-bond donors (Lipinski definition) is 1. The average molecular weight is 195 g/mol. The Morgan fingerprint density at radius 3 is 3.07 bits per heavy atom. The molecule has 1 aliphatic rings. The van der Waals surface area contributed by atoms with Crippen LogP contribution in [-0.2, 0) is 13.1 Å². The molecule has 14 heavy (non-hydrogen) atoms. The number of rotatable bonds is 3. The number of likely N-dealkylation sites (N-methyl/N-ethyl adjacent to an activating group) is 1. The molecule has 1 fully saturated rings. The second-order valence-electron chi connectivity index (χ2n) is 3.91. The lowest BCUT2D eigenvalue weighted by atomic mass is 10.2. The van der Waals surface area contributed by atoms with Gasteiger partial charge in [-0.05, 0) is 26.4 Å². The van der Waals surface area contributed by atoms with Gasteiger partial charge in [0.15, 0.2) is 0 Å². The summed E-state index contributed by atoms with van der Waals surface area (Å²) in [5, 5.41) is 8.02. The Hall–Kier alpha value is -0.940. The lowest BCUT2D eigenvalue weighted by molar-refractivity contribution is 0.272. The summed E-state index contributed by atoms with van der Waals surface area (Å²) in [7, 11) is 2.17. The van der Waals surface area contributed by atoms with E-state index in [9.17, 15) is 0 Å². The summed E-state index contributed by atoms with van der Waals surface area (Å²) in [4.78, 5) is 2.38. The van der Waals surface area contributed by atoms with Crippen LogP contribution in [0.25, 0.3) is 0 Å². The highest BCUT2D eigenvalue weighted by molar-refractivity contribution is 4.91. The molecule has 5 heteroatoms. The fourth-order valence-electron chi connectivity index (χ4n) is 1.95. The van der Waals surface area contributed by atoms with Crippen LogP contribution in [0.1, 0.15) is 18.5 Å². The van der Waals surface area contributed by atoms with E-state index in [2.05, 4.69) is 22.3 Å². The van der Waals surface area contributed by atoms with Crippen molar-refractivity contribution in [3.05, 3.63) is 11.9 Å². The van der Waals surface area contributed by atoms with Gasteiger partial charge >= 0.3 is 0 Å². The van der Waals surface area contributed by atoms with E-state index in [0.717, 1.165) is 12.2 Å². The third-order valence-corrected chi connectivity index (χ3v) is 2.86. The van der Waals surface area contributed by atoms with Crippen LogP contribution in [0.5, 0.6) is 0 Å². The highest BCUT2D eigenvalue weighted by atomic mass is 15.4. The van der Waals surface area contributed by atoms with Gasteiger partial charge in [0, 0.05) is 18.8 Å². The zero-order chi connectivity index (χ0) is 9.97. The van der Waals surface area contributed by atoms with Crippen LogP contribution in [0.2, 0.25) is 0 Å². The molecule has 1 aromatic heterocycles. The van der Waals surface area contributed by atoms with Gasteiger partial charge in [-0.1, -0.05) is 5.21 Å². The van der Waals surface area contributed by atoms with Gasteiger partial charge in [-0.2, -0.15) is 0 Å². The molecule has 0 bridgehead atoms. The predicted octanol–water partition coefficient (Wildman–Crippen LogP) is -0.169. The van der Waals surface area contributed by atoms with Gasteiger partial charge in [0.2, 0.25) is 0 Å². The van der Waals surface area contributed by atoms with E-state index < -0.39 is 0 Å². The van der Waals surface area contributed by atoms with Crippen LogP contribution in [0.4, 0.5) is 0 Å². The molecule has 0 aromatic carbocycles. The Morgan fingerprint density at radius 1 is 1.64 bits per heavy atom. The predicted molar refractivity (Wildman–Crippen MR) is 53.6 cm³/mol. The monoisotopic (exact) mass is 195 g/mol. The first-order valence-electron chi connectivity index (χ1n) is 5.09. The van der Waals surface area contributed by atoms with Crippen LogP contribution in [0.15, 0.2) is 6.20 Å². The van der Waals surface area contributed by atoms with Crippen molar-refractivity contribution in [3.63, 3.8) is 0 Å². The van der Waals surface area contributed by atoms with Crippen molar-refractivity contribution in [2.45, 2.75) is 32.0 Å². The Kier molecular flexibility index (Phi) is 2.79. The number of likely N-dealkylation sites (tertiary alicyclic amines) is 1. The van der Waals surface area contributed by atoms with Gasteiger partial charge in [0.25, 0.3) is 0 Å². The van der Waals surface area contributed by atoms with Crippen molar-refractivity contribution in [2.75, 3.05) is 13.6 Å². The lowest BCUT2D eigenvalue weighted by Gasteiger charge is -2.18. The molecular weight excluding hydrogens is 178 g/mol. The second kappa shape index (κ2) is 4.06. The molecule has 0 aliphatic carbocycles. The first kappa shape index (κ1) is 9.61. The van der Waals surface area contributed by atoms with Crippen molar-refractivity contribution in [2.24, 2.45) is 5.73 Å². The van der Waals surface area contributed by atoms with Crippen molar-refractivity contribution in [1.29, 1.82) is 0 Å². The standard InChI is InChI=1S/C9H17N5/c1-13-4-2-3-9(13)7-14-6-8(5-10)11-12-14/h6,9H,2-5,7,10H2,1H3/t9-/m0/s1. The number of nitrogens with zero attached hydrogens (tertiary/aromatic N) is 4. The molecule has 1 atom stereocenters. The quantitative estimate of drug-likeness (QED) is 0.727. The molecule has 5 nitrogen and oxygen atoms in total. The third kappa shape index (κ3) is 1.93. The Balaban J connectivity index is 1.96. The van der Waals surface area contributed by atoms with Crippen molar-refractivity contribution < 1.29 is 0 Å². The van der Waals surface area contributed by atoms with E-state index in [1.54, 1.807) is 0 Å². The summed E-state index contributed by atoms with van der Waals surface area (Å²) in [6.07, 6.45) is 4.49. The van der Waals surface area contributed by atoms with Gasteiger partial charge in [-0.15, -0.1) is 5.10 Å². The highest BCUT2D eigenvalue weighted by Crippen LogP contribution is 2.15. The fraction of sp³-hybridized carbons (Fsp3) is 0.778. The van der Waals surface area contributed by atoms with E-state index in [-0.39, 0.29) is 0 Å². The summed E-state index contributed by atoms with van der Waals surface area (Å²) in [5.41, 5.74) is 6.34. The van der Waals surface area contributed by atoms with E-state index in [1.807, 2.05) is 10.9 Å². The first-order chi connectivity index (χ1) is 6.79. The molecule has 0 unspecified atom stereocenters. The van der Waals surface area contributed by atoms with Crippen LogP contribution >= 0.6 is 0 Å². The maximum absolute atomic E-state index is 5.47. The number of hydrogen-bond acceptors (Lipinski definition) is 4. The smallest absolute Gasteiger partial charge is 0.0962 e. The molecular formula is C9H17N5. The molecule has 0 saturated carbocycles. The van der Waals surface area contributed by atoms with Gasteiger partial charge in [-0.25, -0.2) is 0 Å². The van der Waals surface area contributed by atoms with Crippen LogP contribution in [0.3, 0.4) is 0 Å². The van der Waals surface area contributed by atoms with Gasteiger partial charge in [-0.3, -0.25) is 4.68 Å². The van der Waals surface area contributed by atoms with Crippen molar-refractivity contribution >= 4 is 0 Å². The first-order valence-corrected chi connectivity index (χ1v) is 5.09. The molecule has 0 spiro atoms. The highest BCUT2D eigenvalue weighted by Gasteiger charge is 2.21. The molecule has 2 heterocycles. The molecule has 0 amide bonds. The minimum Gasteiger partial charge on any atom is -0.325 e. The molecule has 2 rings (SSSR count). The number of aromatic nitrogens is 3. The number of nitrogens with two attached hydrogens (primary N) is 1. The van der Waals surface area contributed by atoms with Gasteiger partial charge < -0.3 is 10.6 Å². The molecule has 78 valence electrons. The Bertz CT molecular complexity index is 295. The van der Waals surface area contributed by atoms with Crippen molar-refractivity contribution in [1.82, 2.24) is 19.9 Å². The maximum atomic E-state index is 5.47. The van der Waals surface area contributed by atoms with Crippen LogP contribution < -0.4 is 5.73 Å². The summed E-state index contributed by atoms with van der Waals surface area (Å²) in [6.45, 7) is 2.60. The Morgan fingerprint density at radius 2 is 2.50 bits per heavy atom. The molecule has 1 aromatic rings. The summed E-state index contributed by atoms with van der Waals surface area (Å²) in [6, 6.07) is 0.613. The molecule has 1 aliphatic heterocycles. The second-order valence-corrected chi connectivity index (χ2v) is 3.91.